The number of para-hydroxylation sites is 1. The predicted molar refractivity (Wildman–Crippen MR) is 76.7 cm³/mol. The monoisotopic (exact) mass is 253 g/mol. The van der Waals surface area contributed by atoms with E-state index >= 15 is 0 Å². The molecule has 2 N–H and O–H groups in total. The third kappa shape index (κ3) is 1.83. The number of ether oxygens (including phenoxy) is 1. The molecule has 0 bridgehead atoms. The number of aryl methyl sites for hydroxylation is 1. The number of aromatic amines is 1. The highest BCUT2D eigenvalue weighted by Crippen LogP contribution is 2.35. The molecular formula is C16H15NO2. The first kappa shape index (κ1) is 11.7. The van der Waals surface area contributed by atoms with Crippen LogP contribution in [-0.4, -0.2) is 17.2 Å². The number of nitrogens with one attached hydrogen (secondary N) is 1. The predicted octanol–water partition coefficient (Wildman–Crippen LogP) is 3.86. The van der Waals surface area contributed by atoms with Gasteiger partial charge in [0, 0.05) is 16.5 Å². The van der Waals surface area contributed by atoms with Crippen molar-refractivity contribution in [3.05, 3.63) is 48.0 Å². The Labute approximate surface area is 111 Å². The Bertz CT molecular complexity index is 744. The zero-order chi connectivity index (χ0) is 13.4. The number of hydrogen-bond donors (Lipinski definition) is 2. The van der Waals surface area contributed by atoms with Crippen molar-refractivity contribution in [2.45, 2.75) is 6.92 Å². The summed E-state index contributed by atoms with van der Waals surface area (Å²) in [5.41, 5.74) is 3.91. The van der Waals surface area contributed by atoms with Crippen molar-refractivity contribution in [2.75, 3.05) is 7.11 Å². The van der Waals surface area contributed by atoms with Gasteiger partial charge in [0.25, 0.3) is 0 Å². The van der Waals surface area contributed by atoms with Crippen molar-refractivity contribution < 1.29 is 9.84 Å². The quantitative estimate of drug-likeness (QED) is 0.728. The zero-order valence-corrected chi connectivity index (χ0v) is 10.9. The summed E-state index contributed by atoms with van der Waals surface area (Å²) >= 11 is 0. The van der Waals surface area contributed by atoms with E-state index in [-0.39, 0.29) is 5.75 Å². The minimum atomic E-state index is 0.282. The van der Waals surface area contributed by atoms with Crippen molar-refractivity contribution in [2.24, 2.45) is 0 Å². The summed E-state index contributed by atoms with van der Waals surface area (Å²) in [6, 6.07) is 13.3. The minimum Gasteiger partial charge on any atom is -0.507 e. The van der Waals surface area contributed by atoms with Crippen molar-refractivity contribution in [1.82, 2.24) is 4.98 Å². The van der Waals surface area contributed by atoms with Gasteiger partial charge in [0.15, 0.2) is 0 Å². The van der Waals surface area contributed by atoms with E-state index in [9.17, 15) is 5.11 Å². The molecule has 3 nitrogen and oxygen atoms in total. The molecule has 3 aromatic rings. The van der Waals surface area contributed by atoms with Crippen LogP contribution in [0.5, 0.6) is 11.5 Å². The molecule has 0 saturated carbocycles. The molecule has 0 amide bonds. The Hall–Kier alpha value is -2.42. The number of phenols is 1. The molecule has 3 heteroatoms. The van der Waals surface area contributed by atoms with Gasteiger partial charge < -0.3 is 14.8 Å². The average molecular weight is 253 g/mol. The molecule has 0 atom stereocenters. The number of aromatic hydroxyl groups is 1. The van der Waals surface area contributed by atoms with E-state index in [1.165, 1.54) is 0 Å². The van der Waals surface area contributed by atoms with Crippen LogP contribution < -0.4 is 4.74 Å². The third-order valence-electron chi connectivity index (χ3n) is 3.44. The Morgan fingerprint density at radius 1 is 1.11 bits per heavy atom. The van der Waals surface area contributed by atoms with Crippen molar-refractivity contribution in [3.63, 3.8) is 0 Å². The molecule has 1 heterocycles. The maximum absolute atomic E-state index is 9.97. The average Bonchev–Trinajstić information content (AvgIpc) is 2.76. The second kappa shape index (κ2) is 4.35. The number of fused-ring (bicyclic) bond motifs is 1. The number of H-pyrrole nitrogens is 1. The molecule has 0 radical (unpaired) electrons. The number of benzene rings is 2. The molecule has 19 heavy (non-hydrogen) atoms. The van der Waals surface area contributed by atoms with Crippen molar-refractivity contribution in [1.29, 1.82) is 0 Å². The summed E-state index contributed by atoms with van der Waals surface area (Å²) in [6.07, 6.45) is 0. The Morgan fingerprint density at radius 3 is 2.63 bits per heavy atom. The first-order valence-electron chi connectivity index (χ1n) is 6.15. The molecule has 3 rings (SSSR count). The topological polar surface area (TPSA) is 45.2 Å². The number of phenolic OH excluding ortho intramolecular Hbond substituents is 1. The van der Waals surface area contributed by atoms with Gasteiger partial charge in [-0.05, 0) is 42.8 Å². The number of methoxy groups -OCH3 is 1. The second-order valence-electron chi connectivity index (χ2n) is 4.55. The standard InChI is InChI=1S/C16H15NO2/c1-10-13-9-11(19-2)7-8-14(13)17-16(10)12-5-3-4-6-15(12)18/h3-9,17-18H,1-2H3. The Balaban J connectivity index is 2.26. The maximum Gasteiger partial charge on any atom is 0.124 e. The first-order valence-corrected chi connectivity index (χ1v) is 6.15. The third-order valence-corrected chi connectivity index (χ3v) is 3.44. The van der Waals surface area contributed by atoms with E-state index in [0.29, 0.717) is 0 Å². The summed E-state index contributed by atoms with van der Waals surface area (Å²) < 4.78 is 5.25. The van der Waals surface area contributed by atoms with Crippen LogP contribution in [0.15, 0.2) is 42.5 Å². The highest BCUT2D eigenvalue weighted by Gasteiger charge is 2.12. The van der Waals surface area contributed by atoms with Gasteiger partial charge in [-0.2, -0.15) is 0 Å². The number of rotatable bonds is 2. The number of aromatic nitrogens is 1. The maximum atomic E-state index is 9.97. The molecule has 0 saturated heterocycles. The molecule has 0 aliphatic rings. The van der Waals surface area contributed by atoms with E-state index in [0.717, 1.165) is 33.5 Å². The molecule has 0 fully saturated rings. The lowest BCUT2D eigenvalue weighted by Crippen LogP contribution is -1.81. The van der Waals surface area contributed by atoms with Crippen LogP contribution in [0, 0.1) is 6.92 Å². The van der Waals surface area contributed by atoms with E-state index in [1.54, 1.807) is 13.2 Å². The second-order valence-corrected chi connectivity index (χ2v) is 4.55. The van der Waals surface area contributed by atoms with Gasteiger partial charge in [0.2, 0.25) is 0 Å². The zero-order valence-electron chi connectivity index (χ0n) is 10.9. The molecule has 0 aliphatic heterocycles. The summed E-state index contributed by atoms with van der Waals surface area (Å²) in [6.45, 7) is 2.04. The van der Waals surface area contributed by atoms with Gasteiger partial charge in [-0.15, -0.1) is 0 Å². The summed E-state index contributed by atoms with van der Waals surface area (Å²) in [7, 11) is 1.66. The highest BCUT2D eigenvalue weighted by molar-refractivity contribution is 5.92. The van der Waals surface area contributed by atoms with Crippen LogP contribution in [0.25, 0.3) is 22.2 Å². The van der Waals surface area contributed by atoms with E-state index < -0.39 is 0 Å². The lowest BCUT2D eigenvalue weighted by molar-refractivity contribution is 0.415. The SMILES string of the molecule is COc1ccc2[nH]c(-c3ccccc3O)c(C)c2c1. The highest BCUT2D eigenvalue weighted by atomic mass is 16.5. The lowest BCUT2D eigenvalue weighted by Gasteiger charge is -2.03. The summed E-state index contributed by atoms with van der Waals surface area (Å²) in [4.78, 5) is 3.36. The minimum absolute atomic E-state index is 0.282. The van der Waals surface area contributed by atoms with Gasteiger partial charge in [0.1, 0.15) is 11.5 Å². The lowest BCUT2D eigenvalue weighted by atomic mass is 10.1. The number of hydrogen-bond acceptors (Lipinski definition) is 2. The van der Waals surface area contributed by atoms with E-state index in [1.807, 2.05) is 43.3 Å². The van der Waals surface area contributed by atoms with E-state index in [4.69, 9.17) is 4.74 Å². The fraction of sp³-hybridized carbons (Fsp3) is 0.125. The summed E-state index contributed by atoms with van der Waals surface area (Å²) in [5, 5.41) is 11.1. The van der Waals surface area contributed by atoms with Gasteiger partial charge in [-0.1, -0.05) is 12.1 Å². The van der Waals surface area contributed by atoms with Crippen LogP contribution in [0.1, 0.15) is 5.56 Å². The van der Waals surface area contributed by atoms with Gasteiger partial charge in [0.05, 0.1) is 12.8 Å². The normalized spacial score (nSPS) is 10.8. The molecule has 1 aromatic heterocycles. The van der Waals surface area contributed by atoms with Gasteiger partial charge >= 0.3 is 0 Å². The molecule has 0 aliphatic carbocycles. The first-order chi connectivity index (χ1) is 9.20. The van der Waals surface area contributed by atoms with E-state index in [2.05, 4.69) is 4.98 Å². The summed E-state index contributed by atoms with van der Waals surface area (Å²) in [5.74, 6) is 1.11. The van der Waals surface area contributed by atoms with Crippen LogP contribution in [-0.2, 0) is 0 Å². The molecule has 96 valence electrons. The fourth-order valence-corrected chi connectivity index (χ4v) is 2.39. The van der Waals surface area contributed by atoms with Crippen LogP contribution in [0.2, 0.25) is 0 Å². The van der Waals surface area contributed by atoms with Crippen molar-refractivity contribution in [3.8, 4) is 22.8 Å². The largest absolute Gasteiger partial charge is 0.507 e. The smallest absolute Gasteiger partial charge is 0.124 e. The molecule has 0 unspecified atom stereocenters. The van der Waals surface area contributed by atoms with Crippen LogP contribution >= 0.6 is 0 Å². The molecular weight excluding hydrogens is 238 g/mol. The molecule has 0 spiro atoms. The van der Waals surface area contributed by atoms with Crippen LogP contribution in [0.3, 0.4) is 0 Å². The Morgan fingerprint density at radius 2 is 1.89 bits per heavy atom. The van der Waals surface area contributed by atoms with Gasteiger partial charge in [-0.25, -0.2) is 0 Å². The van der Waals surface area contributed by atoms with Gasteiger partial charge in [-0.3, -0.25) is 0 Å². The van der Waals surface area contributed by atoms with Crippen molar-refractivity contribution >= 4 is 10.9 Å². The van der Waals surface area contributed by atoms with Crippen LogP contribution in [0.4, 0.5) is 0 Å². The molecule has 2 aromatic carbocycles. The fourth-order valence-electron chi connectivity index (χ4n) is 2.39. The Kier molecular flexibility index (Phi) is 2.67.